The van der Waals surface area contributed by atoms with Gasteiger partial charge in [-0.05, 0) is 7.05 Å². The van der Waals surface area contributed by atoms with E-state index in [9.17, 15) is 13.6 Å². The van der Waals surface area contributed by atoms with Gasteiger partial charge < -0.3 is 15.1 Å². The van der Waals surface area contributed by atoms with Crippen molar-refractivity contribution in [1.82, 2.24) is 15.1 Å². The van der Waals surface area contributed by atoms with Crippen LogP contribution in [0.15, 0.2) is 0 Å². The van der Waals surface area contributed by atoms with Gasteiger partial charge in [0, 0.05) is 58.0 Å². The van der Waals surface area contributed by atoms with Crippen LogP contribution in [0.2, 0.25) is 0 Å². The molecule has 4 nitrogen and oxygen atoms in total. The minimum absolute atomic E-state index is 0.00560. The van der Waals surface area contributed by atoms with Crippen molar-refractivity contribution in [3.8, 4) is 0 Å². The predicted molar refractivity (Wildman–Crippen MR) is 64.7 cm³/mol. The smallest absolute Gasteiger partial charge is 0.251 e. The second-order valence-corrected chi connectivity index (χ2v) is 5.28. The highest BCUT2D eigenvalue weighted by Crippen LogP contribution is 2.28. The molecule has 0 spiro atoms. The van der Waals surface area contributed by atoms with Gasteiger partial charge in [0.2, 0.25) is 5.91 Å². The normalized spacial score (nSPS) is 29.3. The maximum Gasteiger partial charge on any atom is 0.251 e. The minimum atomic E-state index is -2.58. The fourth-order valence-corrected chi connectivity index (χ4v) is 2.50. The molecule has 2 aliphatic heterocycles. The molecule has 104 valence electrons. The third-order valence-electron chi connectivity index (χ3n) is 3.90. The second-order valence-electron chi connectivity index (χ2n) is 5.28. The summed E-state index contributed by atoms with van der Waals surface area (Å²) >= 11 is 0. The molecule has 0 aromatic heterocycles. The summed E-state index contributed by atoms with van der Waals surface area (Å²) in [7, 11) is 2.00. The zero-order valence-electron chi connectivity index (χ0n) is 10.8. The van der Waals surface area contributed by atoms with Crippen molar-refractivity contribution >= 4 is 5.91 Å². The van der Waals surface area contributed by atoms with E-state index in [0.29, 0.717) is 6.42 Å². The van der Waals surface area contributed by atoms with Crippen LogP contribution < -0.4 is 5.32 Å². The monoisotopic (exact) mass is 261 g/mol. The molecule has 1 N–H and O–H groups in total. The number of alkyl halides is 2. The third kappa shape index (κ3) is 3.38. The lowest BCUT2D eigenvalue weighted by molar-refractivity contribution is -0.138. The number of nitrogens with zero attached hydrogens (tertiary/aromatic N) is 2. The van der Waals surface area contributed by atoms with E-state index in [1.807, 2.05) is 7.05 Å². The van der Waals surface area contributed by atoms with Crippen LogP contribution in [0.3, 0.4) is 0 Å². The van der Waals surface area contributed by atoms with Gasteiger partial charge in [-0.15, -0.1) is 0 Å². The number of carbonyl (C=O) groups excluding carboxylic acids is 1. The molecule has 0 aromatic rings. The van der Waals surface area contributed by atoms with Crippen molar-refractivity contribution < 1.29 is 13.6 Å². The van der Waals surface area contributed by atoms with Gasteiger partial charge in [0.25, 0.3) is 5.92 Å². The first-order valence-corrected chi connectivity index (χ1v) is 6.54. The van der Waals surface area contributed by atoms with Crippen LogP contribution in [0.25, 0.3) is 0 Å². The maximum absolute atomic E-state index is 13.0. The molecule has 1 atom stereocenters. The topological polar surface area (TPSA) is 35.6 Å². The minimum Gasteiger partial charge on any atom is -0.342 e. The Labute approximate surface area is 106 Å². The summed E-state index contributed by atoms with van der Waals surface area (Å²) in [5, 5.41) is 3.25. The molecule has 0 aromatic carbocycles. The highest BCUT2D eigenvalue weighted by molar-refractivity contribution is 5.77. The molecule has 6 heteroatoms. The van der Waals surface area contributed by atoms with Gasteiger partial charge in [-0.3, -0.25) is 4.79 Å². The first kappa shape index (κ1) is 13.7. The van der Waals surface area contributed by atoms with Crippen LogP contribution in [0, 0.1) is 0 Å². The number of nitrogens with one attached hydrogen (secondary N) is 1. The number of halogens is 2. The number of likely N-dealkylation sites (tertiary alicyclic amines) is 1. The Bertz CT molecular complexity index is 302. The maximum atomic E-state index is 13.0. The van der Waals surface area contributed by atoms with Crippen molar-refractivity contribution in [2.24, 2.45) is 0 Å². The molecule has 18 heavy (non-hydrogen) atoms. The first-order valence-electron chi connectivity index (χ1n) is 6.54. The zero-order chi connectivity index (χ0) is 13.2. The van der Waals surface area contributed by atoms with Gasteiger partial charge in [-0.2, -0.15) is 0 Å². The average Bonchev–Trinajstić information content (AvgIpc) is 2.32. The molecule has 2 rings (SSSR count). The number of piperidine rings is 1. The van der Waals surface area contributed by atoms with E-state index in [4.69, 9.17) is 0 Å². The van der Waals surface area contributed by atoms with Crippen LogP contribution in [-0.4, -0.2) is 67.4 Å². The summed E-state index contributed by atoms with van der Waals surface area (Å²) in [6, 6.07) is 0.189. The lowest BCUT2D eigenvalue weighted by atomic mass is 10.0. The Morgan fingerprint density at radius 1 is 1.33 bits per heavy atom. The molecule has 0 bridgehead atoms. The summed E-state index contributed by atoms with van der Waals surface area (Å²) in [5.74, 6) is -2.58. The van der Waals surface area contributed by atoms with Crippen LogP contribution in [0.5, 0.6) is 0 Å². The number of piperazine rings is 1. The van der Waals surface area contributed by atoms with Crippen molar-refractivity contribution in [3.05, 3.63) is 0 Å². The Morgan fingerprint density at radius 2 is 2.00 bits per heavy atom. The number of hydrogen-bond donors (Lipinski definition) is 1. The largest absolute Gasteiger partial charge is 0.342 e. The number of carbonyl (C=O) groups is 1. The SMILES string of the molecule is CN1CCNCC1CC(=O)N1CCC(F)(F)CC1. The predicted octanol–water partition coefficient (Wildman–Crippen LogP) is 0.538. The van der Waals surface area contributed by atoms with Gasteiger partial charge in [0.05, 0.1) is 0 Å². The van der Waals surface area contributed by atoms with Gasteiger partial charge in [-0.1, -0.05) is 0 Å². The average molecular weight is 261 g/mol. The summed E-state index contributed by atoms with van der Waals surface area (Å²) in [5.41, 5.74) is 0. The van der Waals surface area contributed by atoms with E-state index in [2.05, 4.69) is 10.2 Å². The van der Waals surface area contributed by atoms with Crippen LogP contribution >= 0.6 is 0 Å². The molecule has 0 radical (unpaired) electrons. The Morgan fingerprint density at radius 3 is 2.61 bits per heavy atom. The Hall–Kier alpha value is -0.750. The first-order chi connectivity index (χ1) is 8.48. The van der Waals surface area contributed by atoms with E-state index in [1.165, 1.54) is 0 Å². The molecule has 2 aliphatic rings. The molecular weight excluding hydrogens is 240 g/mol. The van der Waals surface area contributed by atoms with Crippen molar-refractivity contribution in [1.29, 1.82) is 0 Å². The summed E-state index contributed by atoms with van der Waals surface area (Å²) in [6.07, 6.45) is 0.0318. The van der Waals surface area contributed by atoms with E-state index in [-0.39, 0.29) is 37.9 Å². The summed E-state index contributed by atoms with van der Waals surface area (Å²) < 4.78 is 26.0. The third-order valence-corrected chi connectivity index (χ3v) is 3.90. The molecule has 1 amide bonds. The van der Waals surface area contributed by atoms with E-state index < -0.39 is 5.92 Å². The molecular formula is C12H21F2N3O. The van der Waals surface area contributed by atoms with Crippen LogP contribution in [-0.2, 0) is 4.79 Å². The molecule has 2 fully saturated rings. The lowest BCUT2D eigenvalue weighted by Crippen LogP contribution is -2.52. The summed E-state index contributed by atoms with van der Waals surface area (Å²) in [4.78, 5) is 15.8. The van der Waals surface area contributed by atoms with E-state index >= 15 is 0 Å². The fourth-order valence-electron chi connectivity index (χ4n) is 2.50. The molecule has 0 aliphatic carbocycles. The van der Waals surface area contributed by atoms with Crippen LogP contribution in [0.1, 0.15) is 19.3 Å². The number of likely N-dealkylation sites (N-methyl/N-ethyl adjacent to an activating group) is 1. The Kier molecular flexibility index (Phi) is 4.17. The highest BCUT2D eigenvalue weighted by atomic mass is 19.3. The molecule has 1 unspecified atom stereocenters. The lowest BCUT2D eigenvalue weighted by Gasteiger charge is -2.36. The second kappa shape index (κ2) is 5.48. The van der Waals surface area contributed by atoms with Crippen molar-refractivity contribution in [2.45, 2.75) is 31.2 Å². The number of hydrogen-bond acceptors (Lipinski definition) is 3. The van der Waals surface area contributed by atoms with E-state index in [0.717, 1.165) is 19.6 Å². The van der Waals surface area contributed by atoms with Gasteiger partial charge in [-0.25, -0.2) is 8.78 Å². The highest BCUT2D eigenvalue weighted by Gasteiger charge is 2.36. The van der Waals surface area contributed by atoms with Gasteiger partial charge in [0.1, 0.15) is 0 Å². The van der Waals surface area contributed by atoms with E-state index in [1.54, 1.807) is 4.90 Å². The van der Waals surface area contributed by atoms with Gasteiger partial charge >= 0.3 is 0 Å². The standard InChI is InChI=1S/C12H21F2N3O/c1-16-7-4-15-9-10(16)8-11(18)17-5-2-12(13,14)3-6-17/h10,15H,2-9H2,1H3. The Balaban J connectivity index is 1.81. The van der Waals surface area contributed by atoms with Crippen molar-refractivity contribution in [2.75, 3.05) is 39.8 Å². The fraction of sp³-hybridized carbons (Fsp3) is 0.917. The van der Waals surface area contributed by atoms with Crippen LogP contribution in [0.4, 0.5) is 8.78 Å². The molecule has 0 saturated carbocycles. The quantitative estimate of drug-likeness (QED) is 0.788. The summed E-state index contributed by atoms with van der Waals surface area (Å²) in [6.45, 7) is 3.05. The molecule has 2 saturated heterocycles. The zero-order valence-corrected chi connectivity index (χ0v) is 10.8. The number of amides is 1. The van der Waals surface area contributed by atoms with Gasteiger partial charge in [0.15, 0.2) is 0 Å². The molecule has 2 heterocycles. The number of rotatable bonds is 2. The van der Waals surface area contributed by atoms with Crippen molar-refractivity contribution in [3.63, 3.8) is 0 Å².